The number of esters is 1. The summed E-state index contributed by atoms with van der Waals surface area (Å²) in [5, 5.41) is 0. The molecule has 3 fully saturated rings. The molecule has 74 valence electrons. The first-order valence-electron chi connectivity index (χ1n) is 4.52. The second kappa shape index (κ2) is 3.08. The zero-order valence-corrected chi connectivity index (χ0v) is 9.80. The molecule has 1 aliphatic carbocycles. The first-order valence-corrected chi connectivity index (χ1v) is 5.59. The first kappa shape index (κ1) is 9.71. The highest BCUT2D eigenvalue weighted by Crippen LogP contribution is 2.48. The number of halogens is 1. The average molecular weight is 296 g/mol. The number of alkyl halides is 1. The fraction of sp³-hybridized carbons (Fsp3) is 0.889. The smallest absolute Gasteiger partial charge is 0.338 e. The minimum atomic E-state index is -0.596. The van der Waals surface area contributed by atoms with Gasteiger partial charge in [0.15, 0.2) is 5.60 Å². The largest absolute Gasteiger partial charge is 0.467 e. The third-order valence-electron chi connectivity index (χ3n) is 3.12. The number of fused-ring (bicyclic) bond motifs is 3. The predicted octanol–water partition coefficient (Wildman–Crippen LogP) is 1.68. The van der Waals surface area contributed by atoms with Crippen molar-refractivity contribution in [3.05, 3.63) is 0 Å². The van der Waals surface area contributed by atoms with Crippen LogP contribution in [0.5, 0.6) is 0 Å². The summed E-state index contributed by atoms with van der Waals surface area (Å²) in [6, 6.07) is 0. The second-order valence-corrected chi connectivity index (χ2v) is 6.21. The van der Waals surface area contributed by atoms with Gasteiger partial charge in [0.1, 0.15) is 0 Å². The van der Waals surface area contributed by atoms with E-state index in [-0.39, 0.29) is 9.39 Å². The molecule has 2 heterocycles. The van der Waals surface area contributed by atoms with Crippen LogP contribution >= 0.6 is 22.6 Å². The Bertz CT molecular complexity index is 214. The number of hydrogen-bond donors (Lipinski definition) is 0. The zero-order valence-electron chi connectivity index (χ0n) is 7.64. The van der Waals surface area contributed by atoms with E-state index in [1.807, 2.05) is 0 Å². The van der Waals surface area contributed by atoms with Crippen molar-refractivity contribution in [1.29, 1.82) is 0 Å². The Morgan fingerprint density at radius 2 is 2.00 bits per heavy atom. The third-order valence-corrected chi connectivity index (χ3v) is 4.51. The Hall–Kier alpha value is 0.160. The molecule has 4 heteroatoms. The van der Waals surface area contributed by atoms with Crippen molar-refractivity contribution in [2.45, 2.75) is 34.7 Å². The Balaban J connectivity index is 2.15. The molecule has 2 aliphatic heterocycles. The van der Waals surface area contributed by atoms with Crippen LogP contribution in [0.3, 0.4) is 0 Å². The Morgan fingerprint density at radius 1 is 1.38 bits per heavy atom. The topological polar surface area (TPSA) is 35.5 Å². The highest BCUT2D eigenvalue weighted by Gasteiger charge is 2.53. The molecule has 0 radical (unpaired) electrons. The molecule has 3 nitrogen and oxygen atoms in total. The van der Waals surface area contributed by atoms with Gasteiger partial charge < -0.3 is 9.47 Å². The second-order valence-electron chi connectivity index (χ2n) is 3.93. The van der Waals surface area contributed by atoms with Gasteiger partial charge in [-0.15, -0.1) is 0 Å². The van der Waals surface area contributed by atoms with Gasteiger partial charge in [0.25, 0.3) is 0 Å². The fourth-order valence-electron chi connectivity index (χ4n) is 2.11. The summed E-state index contributed by atoms with van der Waals surface area (Å²) >= 11 is 2.46. The van der Waals surface area contributed by atoms with Crippen molar-refractivity contribution < 1.29 is 14.3 Å². The Labute approximate surface area is 91.3 Å². The van der Waals surface area contributed by atoms with Crippen molar-refractivity contribution in [3.63, 3.8) is 0 Å². The summed E-state index contributed by atoms with van der Waals surface area (Å²) in [4.78, 5) is 11.5. The summed E-state index contributed by atoms with van der Waals surface area (Å²) in [7, 11) is 1.43. The fourth-order valence-corrected chi connectivity index (χ4v) is 2.80. The molecule has 0 N–H and O–H groups in total. The lowest BCUT2D eigenvalue weighted by molar-refractivity contribution is -0.188. The van der Waals surface area contributed by atoms with E-state index in [1.54, 1.807) is 0 Å². The molecule has 0 aromatic rings. The van der Waals surface area contributed by atoms with Gasteiger partial charge in [0.05, 0.1) is 13.7 Å². The van der Waals surface area contributed by atoms with Gasteiger partial charge in [0, 0.05) is 3.42 Å². The highest BCUT2D eigenvalue weighted by atomic mass is 127. The quantitative estimate of drug-likeness (QED) is 0.419. The summed E-state index contributed by atoms with van der Waals surface area (Å²) < 4.78 is 10.7. The molecule has 13 heavy (non-hydrogen) atoms. The Kier molecular flexibility index (Phi) is 2.30. The van der Waals surface area contributed by atoms with Crippen LogP contribution in [0.4, 0.5) is 0 Å². The molecule has 0 amide bonds. The number of carbonyl (C=O) groups is 1. The van der Waals surface area contributed by atoms with Gasteiger partial charge in [-0.1, -0.05) is 22.6 Å². The summed E-state index contributed by atoms with van der Waals surface area (Å²) in [5.74, 6) is -0.189. The lowest BCUT2D eigenvalue weighted by atomic mass is 9.76. The molecular weight excluding hydrogens is 283 g/mol. The lowest BCUT2D eigenvalue weighted by Crippen LogP contribution is -2.56. The number of ether oxygens (including phenoxy) is 2. The van der Waals surface area contributed by atoms with Crippen LogP contribution in [0.2, 0.25) is 0 Å². The number of hydrogen-bond acceptors (Lipinski definition) is 3. The van der Waals surface area contributed by atoms with E-state index < -0.39 is 5.60 Å². The normalized spacial score (nSPS) is 43.2. The first-order chi connectivity index (χ1) is 6.10. The molecule has 0 atom stereocenters. The van der Waals surface area contributed by atoms with Crippen LogP contribution in [0.1, 0.15) is 25.7 Å². The van der Waals surface area contributed by atoms with Gasteiger partial charge in [-0.25, -0.2) is 4.79 Å². The maximum absolute atomic E-state index is 11.5. The molecule has 0 aromatic heterocycles. The summed E-state index contributed by atoms with van der Waals surface area (Å²) in [6.07, 6.45) is 3.79. The highest BCUT2D eigenvalue weighted by molar-refractivity contribution is 14.1. The summed E-state index contributed by atoms with van der Waals surface area (Å²) in [5.41, 5.74) is -0.596. The molecule has 2 bridgehead atoms. The van der Waals surface area contributed by atoms with Crippen LogP contribution in [-0.4, -0.2) is 28.7 Å². The van der Waals surface area contributed by atoms with Crippen molar-refractivity contribution in [2.24, 2.45) is 0 Å². The minimum absolute atomic E-state index is 0.189. The van der Waals surface area contributed by atoms with Gasteiger partial charge in [-0.05, 0) is 25.7 Å². The van der Waals surface area contributed by atoms with E-state index in [2.05, 4.69) is 22.6 Å². The molecule has 1 saturated carbocycles. The molecule has 0 aromatic carbocycles. The van der Waals surface area contributed by atoms with Crippen molar-refractivity contribution in [2.75, 3.05) is 13.7 Å². The van der Waals surface area contributed by atoms with Gasteiger partial charge in [-0.3, -0.25) is 0 Å². The molecule has 2 saturated heterocycles. The number of rotatable bonds is 1. The van der Waals surface area contributed by atoms with Crippen LogP contribution in [-0.2, 0) is 14.3 Å². The summed E-state index contributed by atoms with van der Waals surface area (Å²) in [6.45, 7) is 0.697. The number of methoxy groups -OCH3 is 1. The van der Waals surface area contributed by atoms with Crippen molar-refractivity contribution in [1.82, 2.24) is 0 Å². The number of carbonyl (C=O) groups excluding carboxylic acids is 1. The van der Waals surface area contributed by atoms with Crippen molar-refractivity contribution >= 4 is 28.6 Å². The monoisotopic (exact) mass is 296 g/mol. The SMILES string of the molecule is COC(=O)C12CCC(I)(CC1)CO2. The predicted molar refractivity (Wildman–Crippen MR) is 55.9 cm³/mol. The minimum Gasteiger partial charge on any atom is -0.467 e. The van der Waals surface area contributed by atoms with Crippen molar-refractivity contribution in [3.8, 4) is 0 Å². The van der Waals surface area contributed by atoms with Crippen LogP contribution in [0, 0.1) is 0 Å². The maximum atomic E-state index is 11.5. The van der Waals surface area contributed by atoms with Gasteiger partial charge in [-0.2, -0.15) is 0 Å². The van der Waals surface area contributed by atoms with E-state index in [4.69, 9.17) is 9.47 Å². The van der Waals surface area contributed by atoms with E-state index in [1.165, 1.54) is 7.11 Å². The lowest BCUT2D eigenvalue weighted by Gasteiger charge is -2.48. The Morgan fingerprint density at radius 3 is 2.38 bits per heavy atom. The molecular formula is C9H13IO3. The van der Waals surface area contributed by atoms with E-state index in [9.17, 15) is 4.79 Å². The molecule has 3 aliphatic rings. The van der Waals surface area contributed by atoms with Gasteiger partial charge >= 0.3 is 5.97 Å². The molecule has 3 rings (SSSR count). The van der Waals surface area contributed by atoms with Crippen LogP contribution in [0.15, 0.2) is 0 Å². The van der Waals surface area contributed by atoms with Crippen LogP contribution in [0.25, 0.3) is 0 Å². The third kappa shape index (κ3) is 1.48. The zero-order chi connectivity index (χ0) is 9.53. The maximum Gasteiger partial charge on any atom is 0.338 e. The standard InChI is InChI=1S/C9H13IO3/c1-12-7(11)9-4-2-8(10,3-5-9)6-13-9/h2-6H2,1H3. The van der Waals surface area contributed by atoms with E-state index >= 15 is 0 Å². The van der Waals surface area contributed by atoms with E-state index in [0.717, 1.165) is 25.7 Å². The average Bonchev–Trinajstić information content (AvgIpc) is 2.18. The van der Waals surface area contributed by atoms with Gasteiger partial charge in [0.2, 0.25) is 0 Å². The molecule has 0 unspecified atom stereocenters. The van der Waals surface area contributed by atoms with Crippen LogP contribution < -0.4 is 0 Å². The molecule has 0 spiro atoms. The van der Waals surface area contributed by atoms with E-state index in [0.29, 0.717) is 6.61 Å².